The van der Waals surface area contributed by atoms with Crippen molar-refractivity contribution in [2.45, 2.75) is 50.6 Å². The van der Waals surface area contributed by atoms with Gasteiger partial charge in [-0.25, -0.2) is 4.79 Å². The van der Waals surface area contributed by atoms with E-state index in [0.717, 1.165) is 0 Å². The van der Waals surface area contributed by atoms with Crippen molar-refractivity contribution in [1.29, 1.82) is 0 Å². The van der Waals surface area contributed by atoms with Crippen LogP contribution in [0.15, 0.2) is 0 Å². The number of carbonyl (C=O) groups excluding carboxylic acids is 5. The Morgan fingerprint density at radius 2 is 1.71 bits per heavy atom. The van der Waals surface area contributed by atoms with E-state index in [1.165, 1.54) is 11.8 Å². The molecule has 2 heterocycles. The summed E-state index contributed by atoms with van der Waals surface area (Å²) in [6.45, 7) is 4.84. The van der Waals surface area contributed by atoms with Gasteiger partial charge in [0.25, 0.3) is 0 Å². The fraction of sp³-hybridized carbons (Fsp3) is 0.706. The Balaban J connectivity index is 2.24. The Morgan fingerprint density at radius 3 is 2.39 bits per heavy atom. The molecular weight excluding hydrogens is 388 g/mol. The highest BCUT2D eigenvalue weighted by Crippen LogP contribution is 2.20. The number of fused-ring (bicyclic) bond motifs is 3. The number of cyclic esters (lactones) is 1. The maximum Gasteiger partial charge on any atom is 0.328 e. The van der Waals surface area contributed by atoms with Crippen molar-refractivity contribution in [2.24, 2.45) is 5.92 Å². The molecule has 0 radical (unpaired) electrons. The van der Waals surface area contributed by atoms with Gasteiger partial charge in [0, 0.05) is 11.0 Å². The second-order valence-electron chi connectivity index (χ2n) is 7.07. The van der Waals surface area contributed by atoms with Crippen LogP contribution in [0.5, 0.6) is 0 Å². The number of hydrogen-bond acceptors (Lipinski definition) is 7. The van der Waals surface area contributed by atoms with Gasteiger partial charge < -0.3 is 26.0 Å². The number of hydrogen-bond donors (Lipinski definition) is 4. The minimum absolute atomic E-state index is 0.114. The van der Waals surface area contributed by atoms with E-state index in [9.17, 15) is 24.0 Å². The van der Waals surface area contributed by atoms with Crippen molar-refractivity contribution in [3.63, 3.8) is 0 Å². The average Bonchev–Trinajstić information content (AvgIpc) is 2.76. The summed E-state index contributed by atoms with van der Waals surface area (Å²) in [5, 5.41) is 9.99. The molecule has 0 aliphatic carbocycles. The van der Waals surface area contributed by atoms with Crippen LogP contribution < -0.4 is 21.3 Å². The zero-order valence-electron chi connectivity index (χ0n) is 16.1. The van der Waals surface area contributed by atoms with E-state index in [1.807, 2.05) is 0 Å². The molecule has 4 atom stereocenters. The third kappa shape index (κ3) is 5.85. The average molecular weight is 414 g/mol. The van der Waals surface area contributed by atoms with E-state index in [-0.39, 0.29) is 36.5 Å². The number of thioether (sulfide) groups is 1. The van der Waals surface area contributed by atoms with Gasteiger partial charge in [-0.2, -0.15) is 11.8 Å². The first-order valence-corrected chi connectivity index (χ1v) is 10.2. The summed E-state index contributed by atoms with van der Waals surface area (Å²) >= 11 is 1.35. The molecule has 0 aromatic carbocycles. The molecule has 2 aliphatic rings. The van der Waals surface area contributed by atoms with Gasteiger partial charge in [0.2, 0.25) is 23.6 Å². The lowest BCUT2D eigenvalue weighted by molar-refractivity contribution is -0.150. The molecule has 2 bridgehead atoms. The summed E-state index contributed by atoms with van der Waals surface area (Å²) in [6, 6.07) is -2.59. The zero-order chi connectivity index (χ0) is 20.8. The van der Waals surface area contributed by atoms with Crippen molar-refractivity contribution in [2.75, 3.05) is 18.9 Å². The minimum atomic E-state index is -0.906. The van der Waals surface area contributed by atoms with Gasteiger partial charge in [0.15, 0.2) is 0 Å². The van der Waals surface area contributed by atoms with Crippen LogP contribution in [0.3, 0.4) is 0 Å². The minimum Gasteiger partial charge on any atom is -0.464 e. The van der Waals surface area contributed by atoms with Gasteiger partial charge in [-0.3, -0.25) is 19.2 Å². The van der Waals surface area contributed by atoms with E-state index in [2.05, 4.69) is 21.3 Å². The Morgan fingerprint density at radius 1 is 1.00 bits per heavy atom. The fourth-order valence-electron chi connectivity index (χ4n) is 2.76. The lowest BCUT2D eigenvalue weighted by atomic mass is 10.0. The first-order chi connectivity index (χ1) is 13.2. The number of ether oxygens (including phenoxy) is 1. The number of amides is 4. The monoisotopic (exact) mass is 414 g/mol. The van der Waals surface area contributed by atoms with Crippen molar-refractivity contribution in [1.82, 2.24) is 21.3 Å². The van der Waals surface area contributed by atoms with E-state index in [0.29, 0.717) is 0 Å². The first-order valence-electron chi connectivity index (χ1n) is 9.14. The van der Waals surface area contributed by atoms with Gasteiger partial charge in [0.05, 0.1) is 13.0 Å². The van der Waals surface area contributed by atoms with Gasteiger partial charge in [-0.05, 0) is 5.92 Å². The summed E-state index contributed by atoms with van der Waals surface area (Å²) in [4.78, 5) is 61.3. The number of rotatable bonds is 1. The second kappa shape index (κ2) is 9.76. The lowest BCUT2D eigenvalue weighted by Gasteiger charge is -2.26. The van der Waals surface area contributed by atoms with E-state index >= 15 is 0 Å². The molecule has 0 spiro atoms. The third-order valence-corrected chi connectivity index (χ3v) is 5.79. The number of carbonyl (C=O) groups is 5. The maximum absolute atomic E-state index is 12.7. The van der Waals surface area contributed by atoms with E-state index in [4.69, 9.17) is 4.74 Å². The van der Waals surface area contributed by atoms with Gasteiger partial charge in [-0.15, -0.1) is 0 Å². The number of nitrogens with one attached hydrogen (secondary N) is 4. The maximum atomic E-state index is 12.7. The topological polar surface area (TPSA) is 143 Å². The molecule has 4 N–H and O–H groups in total. The Kier molecular flexibility index (Phi) is 7.67. The van der Waals surface area contributed by atoms with Crippen molar-refractivity contribution >= 4 is 41.4 Å². The largest absolute Gasteiger partial charge is 0.464 e. The molecule has 4 amide bonds. The molecule has 2 saturated heterocycles. The summed E-state index contributed by atoms with van der Waals surface area (Å²) in [7, 11) is 0. The van der Waals surface area contributed by atoms with Gasteiger partial charge in [0.1, 0.15) is 24.7 Å². The summed E-state index contributed by atoms with van der Waals surface area (Å²) < 4.78 is 5.11. The van der Waals surface area contributed by atoms with Gasteiger partial charge >= 0.3 is 5.97 Å². The molecular formula is C17H26N4O6S. The van der Waals surface area contributed by atoms with Crippen LogP contribution in [0.25, 0.3) is 0 Å². The van der Waals surface area contributed by atoms with E-state index in [1.54, 1.807) is 20.8 Å². The molecule has 0 saturated carbocycles. The summed E-state index contributed by atoms with van der Waals surface area (Å²) in [5.41, 5.74) is 0. The Bertz CT molecular complexity index is 656. The third-order valence-electron chi connectivity index (χ3n) is 4.47. The number of esters is 1. The molecule has 2 rings (SSSR count). The highest BCUT2D eigenvalue weighted by Gasteiger charge is 2.37. The van der Waals surface area contributed by atoms with Crippen LogP contribution in [0, 0.1) is 5.92 Å². The predicted molar refractivity (Wildman–Crippen MR) is 101 cm³/mol. The SMILES string of the molecule is CC(C)C1NC(=O)C2NC(=O)[C@@H](CSC2C)NC(=O)CNC(=O)CCOC1=O. The lowest BCUT2D eigenvalue weighted by Crippen LogP contribution is -2.58. The molecule has 2 aliphatic heterocycles. The molecule has 10 nitrogen and oxygen atoms in total. The molecule has 3 unspecified atom stereocenters. The van der Waals surface area contributed by atoms with Crippen LogP contribution in [0.2, 0.25) is 0 Å². The standard InChI is InChI=1S/C17H26N4O6S/c1-8(2)13-17(26)27-5-4-11(22)18-6-12(23)19-10-7-28-9(3)14(16(25)20-13)21-15(10)24/h8-10,13-14H,4-7H2,1-3H3,(H,18,22)(H,19,23)(H,20,25)(H,21,24)/t9?,10-,13?,14?/m1/s1. The molecule has 11 heteroatoms. The highest BCUT2D eigenvalue weighted by atomic mass is 32.2. The van der Waals surface area contributed by atoms with Crippen LogP contribution in [-0.2, 0) is 28.7 Å². The quantitative estimate of drug-likeness (QED) is 0.374. The molecule has 0 aromatic heterocycles. The van der Waals surface area contributed by atoms with E-state index < -0.39 is 47.7 Å². The second-order valence-corrected chi connectivity index (χ2v) is 8.48. The smallest absolute Gasteiger partial charge is 0.328 e. The molecule has 28 heavy (non-hydrogen) atoms. The van der Waals surface area contributed by atoms with Crippen LogP contribution >= 0.6 is 11.8 Å². The van der Waals surface area contributed by atoms with Crippen molar-refractivity contribution in [3.8, 4) is 0 Å². The highest BCUT2D eigenvalue weighted by molar-refractivity contribution is 8.00. The molecule has 156 valence electrons. The Hall–Kier alpha value is -2.30. The zero-order valence-corrected chi connectivity index (χ0v) is 16.9. The predicted octanol–water partition coefficient (Wildman–Crippen LogP) is -1.70. The normalized spacial score (nSPS) is 30.6. The van der Waals surface area contributed by atoms with Crippen molar-refractivity contribution in [3.05, 3.63) is 0 Å². The van der Waals surface area contributed by atoms with Crippen LogP contribution in [-0.4, -0.2) is 71.9 Å². The van der Waals surface area contributed by atoms with Crippen molar-refractivity contribution < 1.29 is 28.7 Å². The summed E-state index contributed by atoms with van der Waals surface area (Å²) in [5.74, 6) is -2.60. The van der Waals surface area contributed by atoms with Crippen LogP contribution in [0.1, 0.15) is 27.2 Å². The van der Waals surface area contributed by atoms with Crippen LogP contribution in [0.4, 0.5) is 0 Å². The first kappa shape index (κ1) is 22.0. The molecule has 0 aromatic rings. The fourth-order valence-corrected chi connectivity index (χ4v) is 3.88. The summed E-state index contributed by atoms with van der Waals surface area (Å²) in [6.07, 6.45) is -0.114. The van der Waals surface area contributed by atoms with Gasteiger partial charge in [-0.1, -0.05) is 20.8 Å². The molecule has 2 fully saturated rings. The Labute approximate surface area is 167 Å².